The number of benzene rings is 1. The normalized spacial score (nSPS) is 12.1. The molecule has 0 aliphatic carbocycles. The molecule has 16 heavy (non-hydrogen) atoms. The molecule has 88 valence electrons. The predicted molar refractivity (Wildman–Crippen MR) is 71.9 cm³/mol. The van der Waals surface area contributed by atoms with Crippen molar-refractivity contribution in [3.8, 4) is 0 Å². The highest BCUT2D eigenvalue weighted by Gasteiger charge is 2.09. The van der Waals surface area contributed by atoms with Crippen LogP contribution in [0.4, 0.5) is 0 Å². The van der Waals surface area contributed by atoms with Crippen molar-refractivity contribution in [1.29, 1.82) is 0 Å². The summed E-state index contributed by atoms with van der Waals surface area (Å²) in [4.78, 5) is 4.77. The lowest BCUT2D eigenvalue weighted by molar-refractivity contribution is 0.629. The van der Waals surface area contributed by atoms with Crippen LogP contribution in [0, 0.1) is 5.92 Å². The van der Waals surface area contributed by atoms with E-state index in [1.54, 1.807) is 0 Å². The van der Waals surface area contributed by atoms with E-state index in [1.807, 2.05) is 0 Å². The largest absolute Gasteiger partial charge is 0.289 e. The van der Waals surface area contributed by atoms with Crippen molar-refractivity contribution in [3.63, 3.8) is 0 Å². The van der Waals surface area contributed by atoms with Crippen LogP contribution >= 0.6 is 0 Å². The van der Waals surface area contributed by atoms with Crippen molar-refractivity contribution in [2.45, 2.75) is 46.6 Å². The molecule has 1 heteroatoms. The molecule has 0 atom stereocenters. The van der Waals surface area contributed by atoms with Gasteiger partial charge in [-0.15, -0.1) is 0 Å². The highest BCUT2D eigenvalue weighted by molar-refractivity contribution is 5.86. The van der Waals surface area contributed by atoms with Crippen LogP contribution < -0.4 is 0 Å². The minimum absolute atomic E-state index is 0.675. The summed E-state index contributed by atoms with van der Waals surface area (Å²) in [7, 11) is 0. The Labute approximate surface area is 99.6 Å². The van der Waals surface area contributed by atoms with Crippen LogP contribution in [-0.2, 0) is 6.54 Å². The van der Waals surface area contributed by atoms with Gasteiger partial charge in [0, 0.05) is 5.71 Å². The lowest BCUT2D eigenvalue weighted by atomic mass is 9.95. The molecule has 0 amide bonds. The molecule has 0 N–H and O–H groups in total. The summed E-state index contributed by atoms with van der Waals surface area (Å²) < 4.78 is 0. The van der Waals surface area contributed by atoms with E-state index in [9.17, 15) is 0 Å². The van der Waals surface area contributed by atoms with Gasteiger partial charge >= 0.3 is 0 Å². The van der Waals surface area contributed by atoms with Gasteiger partial charge < -0.3 is 0 Å². The van der Waals surface area contributed by atoms with E-state index in [-0.39, 0.29) is 0 Å². The Hall–Kier alpha value is -1.11. The van der Waals surface area contributed by atoms with Crippen molar-refractivity contribution in [2.24, 2.45) is 10.9 Å². The van der Waals surface area contributed by atoms with Crippen molar-refractivity contribution in [2.75, 3.05) is 0 Å². The standard InChI is InChI=1S/C15H23N/c1-4-14(5-2)15(6-3)16-12-13-10-8-7-9-11-13/h7-11,14H,4-6,12H2,1-3H3. The molecule has 0 bridgehead atoms. The van der Waals surface area contributed by atoms with Crippen LogP contribution in [0.5, 0.6) is 0 Å². The third-order valence-corrected chi connectivity index (χ3v) is 3.13. The summed E-state index contributed by atoms with van der Waals surface area (Å²) >= 11 is 0. The molecule has 0 unspecified atom stereocenters. The Morgan fingerprint density at radius 1 is 1.06 bits per heavy atom. The van der Waals surface area contributed by atoms with Crippen molar-refractivity contribution < 1.29 is 0 Å². The maximum absolute atomic E-state index is 4.77. The van der Waals surface area contributed by atoms with Crippen LogP contribution in [0.2, 0.25) is 0 Å². The molecular formula is C15H23N. The number of hydrogen-bond donors (Lipinski definition) is 0. The Morgan fingerprint density at radius 2 is 1.69 bits per heavy atom. The molecule has 0 fully saturated rings. The Kier molecular flexibility index (Phi) is 5.84. The Balaban J connectivity index is 2.66. The average molecular weight is 217 g/mol. The first kappa shape index (κ1) is 13.0. The van der Waals surface area contributed by atoms with E-state index in [4.69, 9.17) is 4.99 Å². The summed E-state index contributed by atoms with van der Waals surface area (Å²) in [6.45, 7) is 7.55. The zero-order chi connectivity index (χ0) is 11.8. The van der Waals surface area contributed by atoms with Crippen LogP contribution in [0.15, 0.2) is 35.3 Å². The minimum atomic E-state index is 0.675. The topological polar surface area (TPSA) is 12.4 Å². The van der Waals surface area contributed by atoms with Gasteiger partial charge in [-0.1, -0.05) is 51.1 Å². The molecule has 0 saturated heterocycles. The molecule has 1 rings (SSSR count). The second-order valence-corrected chi connectivity index (χ2v) is 4.16. The van der Waals surface area contributed by atoms with E-state index in [2.05, 4.69) is 51.1 Å². The number of nitrogens with zero attached hydrogens (tertiary/aromatic N) is 1. The van der Waals surface area contributed by atoms with E-state index in [0.29, 0.717) is 5.92 Å². The zero-order valence-electron chi connectivity index (χ0n) is 10.7. The maximum Gasteiger partial charge on any atom is 0.0639 e. The third-order valence-electron chi connectivity index (χ3n) is 3.13. The molecule has 0 aliphatic heterocycles. The van der Waals surface area contributed by atoms with E-state index in [0.717, 1.165) is 13.0 Å². The van der Waals surface area contributed by atoms with Crippen LogP contribution in [0.1, 0.15) is 45.6 Å². The minimum Gasteiger partial charge on any atom is -0.289 e. The molecular weight excluding hydrogens is 194 g/mol. The van der Waals surface area contributed by atoms with E-state index < -0.39 is 0 Å². The molecule has 1 aromatic rings. The quantitative estimate of drug-likeness (QED) is 0.623. The summed E-state index contributed by atoms with van der Waals surface area (Å²) in [5.41, 5.74) is 2.69. The van der Waals surface area contributed by atoms with E-state index in [1.165, 1.54) is 24.1 Å². The summed E-state index contributed by atoms with van der Waals surface area (Å²) in [6.07, 6.45) is 3.50. The van der Waals surface area contributed by atoms with Gasteiger partial charge in [-0.05, 0) is 30.7 Å². The highest BCUT2D eigenvalue weighted by Crippen LogP contribution is 2.14. The Morgan fingerprint density at radius 3 is 2.19 bits per heavy atom. The second-order valence-electron chi connectivity index (χ2n) is 4.16. The molecule has 0 aromatic heterocycles. The lowest BCUT2D eigenvalue weighted by Gasteiger charge is -2.14. The van der Waals surface area contributed by atoms with Gasteiger partial charge in [0.05, 0.1) is 6.54 Å². The molecule has 1 nitrogen and oxygen atoms in total. The van der Waals surface area contributed by atoms with Gasteiger partial charge in [0.15, 0.2) is 0 Å². The van der Waals surface area contributed by atoms with E-state index >= 15 is 0 Å². The summed E-state index contributed by atoms with van der Waals surface area (Å²) in [6, 6.07) is 10.5. The fourth-order valence-electron chi connectivity index (χ4n) is 2.07. The molecule has 0 radical (unpaired) electrons. The van der Waals surface area contributed by atoms with Gasteiger partial charge in [0.1, 0.15) is 0 Å². The molecule has 0 spiro atoms. The molecule has 0 saturated carbocycles. The molecule has 1 aromatic carbocycles. The highest BCUT2D eigenvalue weighted by atomic mass is 14.7. The number of rotatable bonds is 6. The van der Waals surface area contributed by atoms with Crippen LogP contribution in [0.25, 0.3) is 0 Å². The van der Waals surface area contributed by atoms with Gasteiger partial charge in [-0.3, -0.25) is 4.99 Å². The first-order valence-corrected chi connectivity index (χ1v) is 6.38. The predicted octanol–water partition coefficient (Wildman–Crippen LogP) is 4.47. The first-order chi connectivity index (χ1) is 7.81. The maximum atomic E-state index is 4.77. The van der Waals surface area contributed by atoms with Crippen LogP contribution in [-0.4, -0.2) is 5.71 Å². The average Bonchev–Trinajstić information content (AvgIpc) is 2.35. The smallest absolute Gasteiger partial charge is 0.0639 e. The van der Waals surface area contributed by atoms with Gasteiger partial charge in [0.2, 0.25) is 0 Å². The van der Waals surface area contributed by atoms with Gasteiger partial charge in [0.25, 0.3) is 0 Å². The fourth-order valence-corrected chi connectivity index (χ4v) is 2.07. The first-order valence-electron chi connectivity index (χ1n) is 6.38. The second kappa shape index (κ2) is 7.21. The monoisotopic (exact) mass is 217 g/mol. The fraction of sp³-hybridized carbons (Fsp3) is 0.533. The lowest BCUT2D eigenvalue weighted by Crippen LogP contribution is -2.12. The summed E-state index contributed by atoms with van der Waals surface area (Å²) in [5.74, 6) is 0.675. The van der Waals surface area contributed by atoms with Crippen molar-refractivity contribution in [3.05, 3.63) is 35.9 Å². The zero-order valence-corrected chi connectivity index (χ0v) is 10.7. The van der Waals surface area contributed by atoms with Gasteiger partial charge in [-0.25, -0.2) is 0 Å². The van der Waals surface area contributed by atoms with Gasteiger partial charge in [-0.2, -0.15) is 0 Å². The summed E-state index contributed by atoms with van der Waals surface area (Å²) in [5, 5.41) is 0. The molecule has 0 aliphatic rings. The number of aliphatic imine (C=N–C) groups is 1. The van der Waals surface area contributed by atoms with Crippen molar-refractivity contribution >= 4 is 5.71 Å². The van der Waals surface area contributed by atoms with Crippen LogP contribution in [0.3, 0.4) is 0 Å². The molecule has 0 heterocycles. The Bertz CT molecular complexity index is 309. The third kappa shape index (κ3) is 3.80. The number of hydrogen-bond acceptors (Lipinski definition) is 1. The SMILES string of the molecule is CCC(=NCc1ccccc1)C(CC)CC. The van der Waals surface area contributed by atoms with Crippen molar-refractivity contribution in [1.82, 2.24) is 0 Å².